The lowest BCUT2D eigenvalue weighted by Gasteiger charge is -2.30. The van der Waals surface area contributed by atoms with Crippen molar-refractivity contribution in [1.29, 1.82) is 0 Å². The molecular weight excluding hydrogens is 226 g/mol. The zero-order valence-corrected chi connectivity index (χ0v) is 10.2. The summed E-state index contributed by atoms with van der Waals surface area (Å²) in [5, 5.41) is 6.42. The summed E-state index contributed by atoms with van der Waals surface area (Å²) in [7, 11) is -3.35. The molecule has 2 heterocycles. The summed E-state index contributed by atoms with van der Waals surface area (Å²) in [4.78, 5) is 0. The number of aromatic amines is 1. The molecule has 1 fully saturated rings. The third-order valence-corrected chi connectivity index (χ3v) is 4.95. The highest BCUT2D eigenvalue weighted by atomic mass is 32.2. The molecule has 16 heavy (non-hydrogen) atoms. The smallest absolute Gasteiger partial charge is 0.259 e. The number of hydrogen-bond donors (Lipinski definition) is 1. The van der Waals surface area contributed by atoms with Crippen LogP contribution in [-0.2, 0) is 10.0 Å². The zero-order chi connectivity index (χ0) is 11.6. The maximum Gasteiger partial charge on any atom is 0.259 e. The molecule has 1 unspecified atom stereocenters. The standard InChI is InChI=1S/C10H17N3O2S/c1-2-9-4-3-7-13(8-9)16(14,15)10-5-6-11-12-10/h5-6,9H,2-4,7-8H2,1H3,(H,11,12). The van der Waals surface area contributed by atoms with Crippen LogP contribution in [0.25, 0.3) is 0 Å². The van der Waals surface area contributed by atoms with Crippen molar-refractivity contribution < 1.29 is 8.42 Å². The van der Waals surface area contributed by atoms with Gasteiger partial charge in [0, 0.05) is 13.1 Å². The highest BCUT2D eigenvalue weighted by molar-refractivity contribution is 7.89. The Labute approximate surface area is 95.9 Å². The van der Waals surface area contributed by atoms with Gasteiger partial charge in [0.2, 0.25) is 0 Å². The molecule has 1 N–H and O–H groups in total. The Hall–Kier alpha value is -0.880. The fourth-order valence-corrected chi connectivity index (χ4v) is 3.56. The molecule has 1 aliphatic rings. The van der Waals surface area contributed by atoms with E-state index >= 15 is 0 Å². The van der Waals surface area contributed by atoms with Gasteiger partial charge in [-0.1, -0.05) is 13.3 Å². The van der Waals surface area contributed by atoms with Crippen LogP contribution in [0.5, 0.6) is 0 Å². The van der Waals surface area contributed by atoms with E-state index in [1.165, 1.54) is 12.3 Å². The highest BCUT2D eigenvalue weighted by Gasteiger charge is 2.30. The first-order chi connectivity index (χ1) is 7.64. The summed E-state index contributed by atoms with van der Waals surface area (Å²) in [6, 6.07) is 1.50. The normalized spacial score (nSPS) is 23.4. The van der Waals surface area contributed by atoms with E-state index in [2.05, 4.69) is 17.1 Å². The van der Waals surface area contributed by atoms with Gasteiger partial charge in [-0.15, -0.1) is 0 Å². The van der Waals surface area contributed by atoms with Crippen LogP contribution in [0, 0.1) is 5.92 Å². The summed E-state index contributed by atoms with van der Waals surface area (Å²) in [6.45, 7) is 3.37. The molecule has 5 nitrogen and oxygen atoms in total. The average Bonchev–Trinajstić information content (AvgIpc) is 2.83. The molecule has 0 amide bonds. The van der Waals surface area contributed by atoms with Crippen molar-refractivity contribution in [3.63, 3.8) is 0 Å². The number of rotatable bonds is 3. The van der Waals surface area contributed by atoms with Crippen LogP contribution >= 0.6 is 0 Å². The molecule has 1 atom stereocenters. The van der Waals surface area contributed by atoms with Crippen molar-refractivity contribution in [3.05, 3.63) is 12.3 Å². The van der Waals surface area contributed by atoms with E-state index in [9.17, 15) is 8.42 Å². The molecule has 90 valence electrons. The van der Waals surface area contributed by atoms with Gasteiger partial charge < -0.3 is 0 Å². The molecule has 1 saturated heterocycles. The quantitative estimate of drug-likeness (QED) is 0.868. The number of H-pyrrole nitrogens is 1. The van der Waals surface area contributed by atoms with E-state index in [4.69, 9.17) is 0 Å². The van der Waals surface area contributed by atoms with Gasteiger partial charge in [0.1, 0.15) is 0 Å². The molecule has 2 rings (SSSR count). The molecule has 0 radical (unpaired) electrons. The van der Waals surface area contributed by atoms with Crippen LogP contribution in [0.2, 0.25) is 0 Å². The summed E-state index contributed by atoms with van der Waals surface area (Å²) in [6.07, 6.45) is 4.58. The van der Waals surface area contributed by atoms with Crippen LogP contribution in [0.15, 0.2) is 17.3 Å². The average molecular weight is 243 g/mol. The van der Waals surface area contributed by atoms with Gasteiger partial charge in [-0.2, -0.15) is 9.40 Å². The lowest BCUT2D eigenvalue weighted by Crippen LogP contribution is -2.39. The van der Waals surface area contributed by atoms with Crippen LogP contribution in [0.3, 0.4) is 0 Å². The van der Waals surface area contributed by atoms with Crippen LogP contribution in [0.4, 0.5) is 0 Å². The molecule has 0 spiro atoms. The Morgan fingerprint density at radius 3 is 3.06 bits per heavy atom. The maximum atomic E-state index is 12.2. The van der Waals surface area contributed by atoms with Crippen molar-refractivity contribution >= 4 is 10.0 Å². The minimum absolute atomic E-state index is 0.198. The van der Waals surface area contributed by atoms with Crippen molar-refractivity contribution in [1.82, 2.24) is 14.5 Å². The molecule has 0 saturated carbocycles. The van der Waals surface area contributed by atoms with Crippen molar-refractivity contribution in [3.8, 4) is 0 Å². The Bertz CT molecular complexity index is 427. The van der Waals surface area contributed by atoms with Crippen molar-refractivity contribution in [2.75, 3.05) is 13.1 Å². The molecule has 1 aromatic heterocycles. The SMILES string of the molecule is CCC1CCCN(S(=O)(=O)c2ccn[nH]2)C1. The first-order valence-corrected chi connectivity index (χ1v) is 7.08. The van der Waals surface area contributed by atoms with Gasteiger partial charge in [-0.3, -0.25) is 5.10 Å². The zero-order valence-electron chi connectivity index (χ0n) is 9.39. The molecule has 6 heteroatoms. The fraction of sp³-hybridized carbons (Fsp3) is 0.700. The molecule has 0 aliphatic carbocycles. The lowest BCUT2D eigenvalue weighted by atomic mass is 9.97. The number of nitrogens with one attached hydrogen (secondary N) is 1. The number of aromatic nitrogens is 2. The second kappa shape index (κ2) is 4.55. The Kier molecular flexibility index (Phi) is 3.30. The van der Waals surface area contributed by atoms with Crippen LogP contribution < -0.4 is 0 Å². The van der Waals surface area contributed by atoms with Gasteiger partial charge >= 0.3 is 0 Å². The molecule has 0 bridgehead atoms. The number of hydrogen-bond acceptors (Lipinski definition) is 3. The summed E-state index contributed by atoms with van der Waals surface area (Å²) in [5.74, 6) is 0.492. The van der Waals surface area contributed by atoms with E-state index in [1.54, 1.807) is 4.31 Å². The Balaban J connectivity index is 2.18. The third-order valence-electron chi connectivity index (χ3n) is 3.15. The van der Waals surface area contributed by atoms with E-state index in [0.29, 0.717) is 19.0 Å². The molecular formula is C10H17N3O2S. The van der Waals surface area contributed by atoms with Gasteiger partial charge in [-0.05, 0) is 24.8 Å². The predicted molar refractivity (Wildman–Crippen MR) is 60.4 cm³/mol. The molecule has 0 aromatic carbocycles. The highest BCUT2D eigenvalue weighted by Crippen LogP contribution is 2.24. The summed E-state index contributed by atoms with van der Waals surface area (Å²) < 4.78 is 25.9. The fourth-order valence-electron chi connectivity index (χ4n) is 2.10. The predicted octanol–water partition coefficient (Wildman–Crippen LogP) is 1.22. The summed E-state index contributed by atoms with van der Waals surface area (Å²) >= 11 is 0. The van der Waals surface area contributed by atoms with Gasteiger partial charge in [0.15, 0.2) is 5.03 Å². The first kappa shape index (κ1) is 11.6. The Morgan fingerprint density at radius 1 is 1.62 bits per heavy atom. The van der Waals surface area contributed by atoms with Crippen molar-refractivity contribution in [2.24, 2.45) is 5.92 Å². The number of sulfonamides is 1. The van der Waals surface area contributed by atoms with Gasteiger partial charge in [-0.25, -0.2) is 8.42 Å². The van der Waals surface area contributed by atoms with E-state index in [1.807, 2.05) is 0 Å². The van der Waals surface area contributed by atoms with E-state index in [0.717, 1.165) is 19.3 Å². The van der Waals surface area contributed by atoms with E-state index < -0.39 is 10.0 Å². The minimum atomic E-state index is -3.35. The largest absolute Gasteiger partial charge is 0.266 e. The Morgan fingerprint density at radius 2 is 2.44 bits per heavy atom. The van der Waals surface area contributed by atoms with Crippen LogP contribution in [-0.4, -0.2) is 36.0 Å². The second-order valence-electron chi connectivity index (χ2n) is 4.20. The van der Waals surface area contributed by atoms with Crippen LogP contribution in [0.1, 0.15) is 26.2 Å². The summed E-state index contributed by atoms with van der Waals surface area (Å²) in [5.41, 5.74) is 0. The lowest BCUT2D eigenvalue weighted by molar-refractivity contribution is 0.261. The number of nitrogens with zero attached hydrogens (tertiary/aromatic N) is 2. The van der Waals surface area contributed by atoms with Gasteiger partial charge in [0.05, 0.1) is 6.20 Å². The molecule has 1 aromatic rings. The van der Waals surface area contributed by atoms with Crippen molar-refractivity contribution in [2.45, 2.75) is 31.2 Å². The number of piperidine rings is 1. The second-order valence-corrected chi connectivity index (χ2v) is 6.11. The molecule has 1 aliphatic heterocycles. The van der Waals surface area contributed by atoms with E-state index in [-0.39, 0.29) is 5.03 Å². The van der Waals surface area contributed by atoms with Gasteiger partial charge in [0.25, 0.3) is 10.0 Å². The topological polar surface area (TPSA) is 66.1 Å². The maximum absolute atomic E-state index is 12.2. The third kappa shape index (κ3) is 2.12. The minimum Gasteiger partial charge on any atom is -0.266 e. The first-order valence-electron chi connectivity index (χ1n) is 5.64. The monoisotopic (exact) mass is 243 g/mol.